The number of rotatable bonds is 6. The van der Waals surface area contributed by atoms with Gasteiger partial charge in [0.15, 0.2) is 0 Å². The van der Waals surface area contributed by atoms with Gasteiger partial charge in [0.05, 0.1) is 4.34 Å². The standard InChI is InChI=1S/C15H24ClNS/c1-17-12-11-15(8-3-2-4-9-15)10-7-13-5-6-14(16)18-13/h5-6,17H,2-4,7-12H2,1H3. The maximum Gasteiger partial charge on any atom is 0.0931 e. The van der Waals surface area contributed by atoms with E-state index in [0.29, 0.717) is 5.41 Å². The van der Waals surface area contributed by atoms with Crippen molar-refractivity contribution in [1.82, 2.24) is 5.32 Å². The van der Waals surface area contributed by atoms with E-state index < -0.39 is 0 Å². The zero-order valence-corrected chi connectivity index (χ0v) is 12.9. The van der Waals surface area contributed by atoms with Crippen LogP contribution >= 0.6 is 22.9 Å². The molecule has 1 heterocycles. The molecule has 0 amide bonds. The van der Waals surface area contributed by atoms with Crippen molar-refractivity contribution in [2.75, 3.05) is 13.6 Å². The van der Waals surface area contributed by atoms with Crippen LogP contribution in [-0.4, -0.2) is 13.6 Å². The van der Waals surface area contributed by atoms with Crippen molar-refractivity contribution in [1.29, 1.82) is 0 Å². The van der Waals surface area contributed by atoms with Gasteiger partial charge >= 0.3 is 0 Å². The molecule has 0 bridgehead atoms. The molecule has 1 aliphatic carbocycles. The molecule has 2 rings (SSSR count). The Morgan fingerprint density at radius 1 is 1.22 bits per heavy atom. The molecule has 0 radical (unpaired) electrons. The first-order valence-electron chi connectivity index (χ1n) is 7.13. The minimum Gasteiger partial charge on any atom is -0.320 e. The van der Waals surface area contributed by atoms with Gasteiger partial charge in [-0.2, -0.15) is 0 Å². The molecular weight excluding hydrogens is 262 g/mol. The van der Waals surface area contributed by atoms with Crippen molar-refractivity contribution in [3.05, 3.63) is 21.3 Å². The van der Waals surface area contributed by atoms with Crippen LogP contribution in [0.1, 0.15) is 49.8 Å². The van der Waals surface area contributed by atoms with E-state index in [0.717, 1.165) is 10.9 Å². The predicted molar refractivity (Wildman–Crippen MR) is 81.7 cm³/mol. The third kappa shape index (κ3) is 3.97. The third-order valence-corrected chi connectivity index (χ3v) is 5.64. The summed E-state index contributed by atoms with van der Waals surface area (Å²) in [6.45, 7) is 1.16. The molecule has 0 unspecified atom stereocenters. The Morgan fingerprint density at radius 3 is 2.61 bits per heavy atom. The molecule has 3 heteroatoms. The van der Waals surface area contributed by atoms with Gasteiger partial charge in [0.25, 0.3) is 0 Å². The fraction of sp³-hybridized carbons (Fsp3) is 0.733. The first-order chi connectivity index (χ1) is 8.74. The van der Waals surface area contributed by atoms with Gasteiger partial charge in [-0.05, 0) is 63.2 Å². The molecular formula is C15H24ClNS. The lowest BCUT2D eigenvalue weighted by Crippen LogP contribution is -2.28. The molecule has 1 saturated carbocycles. The van der Waals surface area contributed by atoms with Gasteiger partial charge < -0.3 is 5.32 Å². The summed E-state index contributed by atoms with van der Waals surface area (Å²) in [5, 5.41) is 3.32. The van der Waals surface area contributed by atoms with Crippen molar-refractivity contribution < 1.29 is 0 Å². The number of halogens is 1. The van der Waals surface area contributed by atoms with Crippen LogP contribution in [0, 0.1) is 5.41 Å². The molecule has 1 nitrogen and oxygen atoms in total. The normalized spacial score (nSPS) is 19.0. The van der Waals surface area contributed by atoms with E-state index in [1.807, 2.05) is 6.07 Å². The Morgan fingerprint density at radius 2 is 2.00 bits per heavy atom. The SMILES string of the molecule is CNCCC1(CCc2ccc(Cl)s2)CCCCC1. The predicted octanol–water partition coefficient (Wildman–Crippen LogP) is 4.89. The van der Waals surface area contributed by atoms with E-state index in [1.165, 1.54) is 56.2 Å². The van der Waals surface area contributed by atoms with Crippen LogP contribution in [0.5, 0.6) is 0 Å². The molecule has 0 atom stereocenters. The van der Waals surface area contributed by atoms with E-state index in [2.05, 4.69) is 18.4 Å². The maximum absolute atomic E-state index is 6.01. The van der Waals surface area contributed by atoms with Gasteiger partial charge in [0.1, 0.15) is 0 Å². The third-order valence-electron chi connectivity index (χ3n) is 4.35. The molecule has 18 heavy (non-hydrogen) atoms. The molecule has 1 fully saturated rings. The van der Waals surface area contributed by atoms with Gasteiger partial charge in [0, 0.05) is 4.88 Å². The lowest BCUT2D eigenvalue weighted by atomic mass is 9.69. The fourth-order valence-corrected chi connectivity index (χ4v) is 4.28. The molecule has 1 aliphatic rings. The smallest absolute Gasteiger partial charge is 0.0931 e. The highest BCUT2D eigenvalue weighted by atomic mass is 35.5. The van der Waals surface area contributed by atoms with Crippen molar-refractivity contribution in [2.45, 2.75) is 51.4 Å². The van der Waals surface area contributed by atoms with Crippen molar-refractivity contribution in [3.8, 4) is 0 Å². The summed E-state index contributed by atoms with van der Waals surface area (Å²) in [6.07, 6.45) is 11.0. The maximum atomic E-state index is 6.01. The molecule has 0 saturated heterocycles. The Bertz CT molecular complexity index is 355. The summed E-state index contributed by atoms with van der Waals surface area (Å²) >= 11 is 7.76. The summed E-state index contributed by atoms with van der Waals surface area (Å²) in [6, 6.07) is 4.23. The number of nitrogens with one attached hydrogen (secondary N) is 1. The topological polar surface area (TPSA) is 12.0 Å². The molecule has 0 spiro atoms. The molecule has 102 valence electrons. The van der Waals surface area contributed by atoms with Crippen LogP contribution < -0.4 is 5.32 Å². The van der Waals surface area contributed by atoms with Gasteiger partial charge in [-0.15, -0.1) is 11.3 Å². The van der Waals surface area contributed by atoms with Crippen LogP contribution in [-0.2, 0) is 6.42 Å². The molecule has 1 N–H and O–H groups in total. The Kier molecular flexibility index (Phi) is 5.53. The van der Waals surface area contributed by atoms with Crippen LogP contribution in [0.3, 0.4) is 0 Å². The fourth-order valence-electron chi connectivity index (χ4n) is 3.19. The Labute approximate surface area is 120 Å². The van der Waals surface area contributed by atoms with Crippen molar-refractivity contribution in [2.24, 2.45) is 5.41 Å². The summed E-state index contributed by atoms with van der Waals surface area (Å²) in [5.41, 5.74) is 0.595. The first kappa shape index (κ1) is 14.4. The first-order valence-corrected chi connectivity index (χ1v) is 8.32. The van der Waals surface area contributed by atoms with E-state index >= 15 is 0 Å². The van der Waals surface area contributed by atoms with Crippen LogP contribution in [0.4, 0.5) is 0 Å². The van der Waals surface area contributed by atoms with Gasteiger partial charge in [-0.25, -0.2) is 0 Å². The number of hydrogen-bond donors (Lipinski definition) is 1. The largest absolute Gasteiger partial charge is 0.320 e. The highest BCUT2D eigenvalue weighted by Gasteiger charge is 2.30. The Balaban J connectivity index is 1.91. The minimum atomic E-state index is 0.595. The second-order valence-corrected chi connectivity index (χ2v) is 7.42. The molecule has 1 aromatic rings. The average molecular weight is 286 g/mol. The Hall–Kier alpha value is -0.0500. The van der Waals surface area contributed by atoms with Gasteiger partial charge in [-0.3, -0.25) is 0 Å². The van der Waals surface area contributed by atoms with Crippen molar-refractivity contribution >= 4 is 22.9 Å². The highest BCUT2D eigenvalue weighted by Crippen LogP contribution is 2.43. The number of aryl methyl sites for hydroxylation is 1. The molecule has 1 aromatic heterocycles. The van der Waals surface area contributed by atoms with Crippen LogP contribution in [0.25, 0.3) is 0 Å². The van der Waals surface area contributed by atoms with Gasteiger partial charge in [-0.1, -0.05) is 30.9 Å². The van der Waals surface area contributed by atoms with Crippen LogP contribution in [0.2, 0.25) is 4.34 Å². The monoisotopic (exact) mass is 285 g/mol. The summed E-state index contributed by atoms with van der Waals surface area (Å²) in [7, 11) is 2.07. The quantitative estimate of drug-likeness (QED) is 0.784. The average Bonchev–Trinajstić information content (AvgIpc) is 2.81. The zero-order valence-electron chi connectivity index (χ0n) is 11.3. The highest BCUT2D eigenvalue weighted by molar-refractivity contribution is 7.16. The van der Waals surface area contributed by atoms with E-state index in [4.69, 9.17) is 11.6 Å². The second kappa shape index (κ2) is 6.93. The van der Waals surface area contributed by atoms with E-state index in [-0.39, 0.29) is 0 Å². The summed E-state index contributed by atoms with van der Waals surface area (Å²) in [5.74, 6) is 0. The zero-order chi connectivity index (χ0) is 12.8. The van der Waals surface area contributed by atoms with Crippen LogP contribution in [0.15, 0.2) is 12.1 Å². The van der Waals surface area contributed by atoms with E-state index in [9.17, 15) is 0 Å². The number of hydrogen-bond acceptors (Lipinski definition) is 2. The molecule has 0 aliphatic heterocycles. The second-order valence-electron chi connectivity index (χ2n) is 5.62. The molecule has 0 aromatic carbocycles. The summed E-state index contributed by atoms with van der Waals surface area (Å²) < 4.78 is 0.929. The minimum absolute atomic E-state index is 0.595. The van der Waals surface area contributed by atoms with Gasteiger partial charge in [0.2, 0.25) is 0 Å². The number of thiophene rings is 1. The lowest BCUT2D eigenvalue weighted by molar-refractivity contribution is 0.158. The van der Waals surface area contributed by atoms with Crippen molar-refractivity contribution in [3.63, 3.8) is 0 Å². The summed E-state index contributed by atoms with van der Waals surface area (Å²) in [4.78, 5) is 1.45. The lowest BCUT2D eigenvalue weighted by Gasteiger charge is -2.37. The van der Waals surface area contributed by atoms with E-state index in [1.54, 1.807) is 11.3 Å².